The van der Waals surface area contributed by atoms with Crippen molar-refractivity contribution in [3.8, 4) is 0 Å². The molecule has 2 aromatic rings. The van der Waals surface area contributed by atoms with Gasteiger partial charge in [0, 0.05) is 4.90 Å². The molecule has 1 aromatic carbocycles. The van der Waals surface area contributed by atoms with Gasteiger partial charge in [0.25, 0.3) is 0 Å². The number of hydrogen-bond donors (Lipinski definition) is 1. The molecule has 1 unspecified atom stereocenters. The van der Waals surface area contributed by atoms with Crippen molar-refractivity contribution < 1.29 is 13.9 Å². The highest BCUT2D eigenvalue weighted by molar-refractivity contribution is 7.99. The number of thioether (sulfide) groups is 1. The van der Waals surface area contributed by atoms with Crippen molar-refractivity contribution in [3.05, 3.63) is 54.0 Å². The average Bonchev–Trinajstić information content (AvgIpc) is 2.92. The van der Waals surface area contributed by atoms with E-state index in [1.807, 2.05) is 58.0 Å². The van der Waals surface area contributed by atoms with E-state index in [9.17, 15) is 4.79 Å². The maximum atomic E-state index is 12.0. The van der Waals surface area contributed by atoms with Crippen LogP contribution < -0.4 is 5.32 Å². The first-order valence-corrected chi connectivity index (χ1v) is 7.98. The molecule has 0 saturated carbocycles. The summed E-state index contributed by atoms with van der Waals surface area (Å²) >= 11 is 1.50. The van der Waals surface area contributed by atoms with E-state index in [-0.39, 0.29) is 5.37 Å². The first-order valence-electron chi connectivity index (χ1n) is 7.10. The molecule has 0 aliphatic rings. The summed E-state index contributed by atoms with van der Waals surface area (Å²) in [5, 5.41) is 2.51. The van der Waals surface area contributed by atoms with Crippen molar-refractivity contribution in [2.45, 2.75) is 43.6 Å². The molecule has 0 radical (unpaired) electrons. The van der Waals surface area contributed by atoms with Crippen molar-refractivity contribution in [1.82, 2.24) is 5.32 Å². The lowest BCUT2D eigenvalue weighted by Crippen LogP contribution is -2.33. The van der Waals surface area contributed by atoms with Gasteiger partial charge in [0.2, 0.25) is 0 Å². The van der Waals surface area contributed by atoms with Crippen LogP contribution in [0, 0.1) is 6.92 Å². The molecule has 1 amide bonds. The topological polar surface area (TPSA) is 51.5 Å². The Bertz CT molecular complexity index is 600. The molecule has 0 fully saturated rings. The SMILES string of the molecule is Cc1ccc(SC(NC(=O)OC(C)(C)C)c2ccco2)cc1. The third-order valence-corrected chi connectivity index (χ3v) is 3.85. The Morgan fingerprint density at radius 1 is 1.23 bits per heavy atom. The standard InChI is InChI=1S/C17H21NO3S/c1-12-7-9-13(10-8-12)22-15(14-6-5-11-20-14)18-16(19)21-17(2,3)4/h5-11,15H,1-4H3,(H,18,19). The van der Waals surface area contributed by atoms with Crippen LogP contribution in [0.3, 0.4) is 0 Å². The number of benzene rings is 1. The van der Waals surface area contributed by atoms with Gasteiger partial charge in [-0.25, -0.2) is 4.79 Å². The Morgan fingerprint density at radius 2 is 1.91 bits per heavy atom. The molecule has 4 nitrogen and oxygen atoms in total. The summed E-state index contributed by atoms with van der Waals surface area (Å²) in [5.74, 6) is 0.677. The predicted molar refractivity (Wildman–Crippen MR) is 87.9 cm³/mol. The normalized spacial score (nSPS) is 12.7. The number of alkyl carbamates (subject to hydrolysis) is 1. The number of carbonyl (C=O) groups excluding carboxylic acids is 1. The van der Waals surface area contributed by atoms with Crippen LogP contribution in [0.5, 0.6) is 0 Å². The second-order valence-corrected chi connectivity index (χ2v) is 7.15. The molecule has 1 N–H and O–H groups in total. The summed E-state index contributed by atoms with van der Waals surface area (Å²) in [5.41, 5.74) is 0.658. The zero-order chi connectivity index (χ0) is 16.2. The molecule has 1 aromatic heterocycles. The average molecular weight is 319 g/mol. The number of aryl methyl sites for hydroxylation is 1. The van der Waals surface area contributed by atoms with Crippen LogP contribution in [-0.4, -0.2) is 11.7 Å². The lowest BCUT2D eigenvalue weighted by Gasteiger charge is -2.22. The molecule has 1 atom stereocenters. The smallest absolute Gasteiger partial charge is 0.408 e. The van der Waals surface area contributed by atoms with Crippen molar-refractivity contribution in [2.24, 2.45) is 0 Å². The quantitative estimate of drug-likeness (QED) is 0.643. The molecule has 0 aliphatic heterocycles. The Labute approximate surface area is 135 Å². The third kappa shape index (κ3) is 5.15. The largest absolute Gasteiger partial charge is 0.466 e. The molecule has 2 rings (SSSR count). The van der Waals surface area contributed by atoms with Crippen molar-refractivity contribution >= 4 is 17.9 Å². The number of hydrogen-bond acceptors (Lipinski definition) is 4. The molecule has 0 saturated heterocycles. The van der Waals surface area contributed by atoms with E-state index in [1.54, 1.807) is 12.3 Å². The van der Waals surface area contributed by atoms with Crippen molar-refractivity contribution in [2.75, 3.05) is 0 Å². The van der Waals surface area contributed by atoms with Crippen LogP contribution >= 0.6 is 11.8 Å². The lowest BCUT2D eigenvalue weighted by molar-refractivity contribution is 0.0518. The first-order chi connectivity index (χ1) is 10.3. The third-order valence-electron chi connectivity index (χ3n) is 2.72. The van der Waals surface area contributed by atoms with Crippen LogP contribution in [0.4, 0.5) is 4.79 Å². The van der Waals surface area contributed by atoms with Crippen LogP contribution in [0.15, 0.2) is 52.0 Å². The molecule has 0 bridgehead atoms. The van der Waals surface area contributed by atoms with Gasteiger partial charge in [-0.1, -0.05) is 29.5 Å². The highest BCUT2D eigenvalue weighted by Crippen LogP contribution is 2.33. The Balaban J connectivity index is 2.10. The minimum Gasteiger partial charge on any atom is -0.466 e. The van der Waals surface area contributed by atoms with Crippen LogP contribution in [-0.2, 0) is 4.74 Å². The van der Waals surface area contributed by atoms with E-state index < -0.39 is 11.7 Å². The van der Waals surface area contributed by atoms with Gasteiger partial charge in [-0.2, -0.15) is 0 Å². The monoisotopic (exact) mass is 319 g/mol. The maximum Gasteiger partial charge on any atom is 0.408 e. The summed E-state index contributed by atoms with van der Waals surface area (Å²) in [6, 6.07) is 11.8. The van der Waals surface area contributed by atoms with E-state index >= 15 is 0 Å². The predicted octanol–water partition coefficient (Wildman–Crippen LogP) is 4.90. The molecule has 22 heavy (non-hydrogen) atoms. The second-order valence-electron chi connectivity index (χ2n) is 5.97. The van der Waals surface area contributed by atoms with Gasteiger partial charge in [-0.15, -0.1) is 0 Å². The number of amides is 1. The molecule has 0 aliphatic carbocycles. The zero-order valence-electron chi connectivity index (χ0n) is 13.3. The van der Waals surface area contributed by atoms with Crippen molar-refractivity contribution in [1.29, 1.82) is 0 Å². The van der Waals surface area contributed by atoms with E-state index in [0.29, 0.717) is 5.76 Å². The fourth-order valence-electron chi connectivity index (χ4n) is 1.77. The summed E-state index contributed by atoms with van der Waals surface area (Å²) in [6.45, 7) is 7.54. The second kappa shape index (κ2) is 6.92. The highest BCUT2D eigenvalue weighted by Gasteiger charge is 2.22. The van der Waals surface area contributed by atoms with Gasteiger partial charge in [0.1, 0.15) is 16.7 Å². The fourth-order valence-corrected chi connectivity index (χ4v) is 2.74. The molecule has 1 heterocycles. The first kappa shape index (κ1) is 16.5. The summed E-state index contributed by atoms with van der Waals surface area (Å²) in [4.78, 5) is 13.1. The molecule has 0 spiro atoms. The molecular formula is C17H21NO3S. The van der Waals surface area contributed by atoms with Gasteiger partial charge in [-0.3, -0.25) is 0 Å². The fraction of sp³-hybridized carbons (Fsp3) is 0.353. The Hall–Kier alpha value is -1.88. The number of nitrogens with one attached hydrogen (secondary N) is 1. The van der Waals surface area contributed by atoms with E-state index in [4.69, 9.17) is 9.15 Å². The number of ether oxygens (including phenoxy) is 1. The van der Waals surface area contributed by atoms with Crippen LogP contribution in [0.2, 0.25) is 0 Å². The molecule has 5 heteroatoms. The Kier molecular flexibility index (Phi) is 5.19. The lowest BCUT2D eigenvalue weighted by atomic mass is 10.2. The molecular weight excluding hydrogens is 298 g/mol. The number of carbonyl (C=O) groups is 1. The minimum absolute atomic E-state index is 0.340. The van der Waals surface area contributed by atoms with E-state index in [2.05, 4.69) is 5.32 Å². The van der Waals surface area contributed by atoms with Gasteiger partial charge in [-0.05, 0) is 52.0 Å². The summed E-state index contributed by atoms with van der Waals surface area (Å²) in [7, 11) is 0. The van der Waals surface area contributed by atoms with E-state index in [0.717, 1.165) is 4.90 Å². The Morgan fingerprint density at radius 3 is 2.45 bits per heavy atom. The maximum absolute atomic E-state index is 12.0. The summed E-state index contributed by atoms with van der Waals surface area (Å²) < 4.78 is 10.7. The zero-order valence-corrected chi connectivity index (χ0v) is 14.1. The molecule has 118 valence electrons. The van der Waals surface area contributed by atoms with Gasteiger partial charge in [0.05, 0.1) is 6.26 Å². The van der Waals surface area contributed by atoms with Gasteiger partial charge >= 0.3 is 6.09 Å². The van der Waals surface area contributed by atoms with Gasteiger partial charge < -0.3 is 14.5 Å². The van der Waals surface area contributed by atoms with Crippen molar-refractivity contribution in [3.63, 3.8) is 0 Å². The van der Waals surface area contributed by atoms with E-state index in [1.165, 1.54) is 17.3 Å². The van der Waals surface area contributed by atoms with Crippen LogP contribution in [0.25, 0.3) is 0 Å². The summed E-state index contributed by atoms with van der Waals surface area (Å²) in [6.07, 6.45) is 1.13. The number of furan rings is 1. The van der Waals surface area contributed by atoms with Crippen LogP contribution in [0.1, 0.15) is 37.5 Å². The highest BCUT2D eigenvalue weighted by atomic mass is 32.2. The minimum atomic E-state index is -0.535. The van der Waals surface area contributed by atoms with Gasteiger partial charge in [0.15, 0.2) is 0 Å². The number of rotatable bonds is 4.